The molecule has 0 atom stereocenters. The van der Waals surface area contributed by atoms with E-state index in [4.69, 9.17) is 0 Å². The highest BCUT2D eigenvalue weighted by Gasteiger charge is 2.08. The summed E-state index contributed by atoms with van der Waals surface area (Å²) < 4.78 is 0. The van der Waals surface area contributed by atoms with Crippen LogP contribution in [0.2, 0.25) is 0 Å². The van der Waals surface area contributed by atoms with E-state index >= 15 is 0 Å². The molecule has 0 bridgehead atoms. The van der Waals surface area contributed by atoms with Crippen molar-refractivity contribution in [2.75, 3.05) is 18.0 Å². The summed E-state index contributed by atoms with van der Waals surface area (Å²) in [7, 11) is 0. The maximum atomic E-state index is 11.0. The van der Waals surface area contributed by atoms with E-state index in [9.17, 15) is 4.79 Å². The summed E-state index contributed by atoms with van der Waals surface area (Å²) >= 11 is 0. The van der Waals surface area contributed by atoms with Gasteiger partial charge in [0.2, 0.25) is 0 Å². The van der Waals surface area contributed by atoms with Crippen LogP contribution in [0.15, 0.2) is 18.2 Å². The summed E-state index contributed by atoms with van der Waals surface area (Å²) in [6.07, 6.45) is 3.30. The molecule has 0 aromatic heterocycles. The van der Waals surface area contributed by atoms with Crippen LogP contribution in [0.3, 0.4) is 0 Å². The van der Waals surface area contributed by atoms with Gasteiger partial charge < -0.3 is 4.90 Å². The highest BCUT2D eigenvalue weighted by molar-refractivity contribution is 5.85. The minimum atomic E-state index is 0.804. The van der Waals surface area contributed by atoms with Gasteiger partial charge in [0.15, 0.2) is 6.29 Å². The Hall–Kier alpha value is -1.31. The van der Waals surface area contributed by atoms with Crippen molar-refractivity contribution in [2.45, 2.75) is 33.6 Å². The summed E-state index contributed by atoms with van der Waals surface area (Å²) in [6, 6.07) is 6.08. The Morgan fingerprint density at radius 2 is 2.06 bits per heavy atom. The zero-order valence-corrected chi connectivity index (χ0v) is 10.5. The highest BCUT2D eigenvalue weighted by Crippen LogP contribution is 2.20. The quantitative estimate of drug-likeness (QED) is 0.683. The molecule has 16 heavy (non-hydrogen) atoms. The van der Waals surface area contributed by atoms with Gasteiger partial charge in [0, 0.05) is 24.3 Å². The normalized spacial score (nSPS) is 10.2. The third-order valence-corrected chi connectivity index (χ3v) is 2.81. The fourth-order valence-electron chi connectivity index (χ4n) is 1.85. The predicted octanol–water partition coefficient (Wildman–Crippen LogP) is 3.43. The van der Waals surface area contributed by atoms with Crippen LogP contribution in [0, 0.1) is 6.92 Å². The number of aryl methyl sites for hydroxylation is 1. The SMILES string of the molecule is CCCCN(CC)c1ccc(C)cc1C=O. The Morgan fingerprint density at radius 3 is 2.62 bits per heavy atom. The molecular weight excluding hydrogens is 198 g/mol. The lowest BCUT2D eigenvalue weighted by Gasteiger charge is -2.24. The minimum absolute atomic E-state index is 0.804. The second-order valence-corrected chi connectivity index (χ2v) is 4.11. The third-order valence-electron chi connectivity index (χ3n) is 2.81. The molecule has 0 aliphatic carbocycles. The molecule has 0 saturated carbocycles. The van der Waals surface area contributed by atoms with E-state index in [0.29, 0.717) is 0 Å². The standard InChI is InChI=1S/C14H21NO/c1-4-6-9-15(5-2)14-8-7-12(3)10-13(14)11-16/h7-8,10-11H,4-6,9H2,1-3H3. The summed E-state index contributed by atoms with van der Waals surface area (Å²) in [4.78, 5) is 13.3. The number of benzene rings is 1. The van der Waals surface area contributed by atoms with E-state index in [1.165, 1.54) is 12.8 Å². The van der Waals surface area contributed by atoms with Crippen LogP contribution in [-0.2, 0) is 0 Å². The van der Waals surface area contributed by atoms with Crippen LogP contribution < -0.4 is 4.90 Å². The first-order valence-electron chi connectivity index (χ1n) is 6.03. The Kier molecular flexibility index (Phi) is 5.03. The highest BCUT2D eigenvalue weighted by atomic mass is 16.1. The van der Waals surface area contributed by atoms with Crippen LogP contribution in [0.4, 0.5) is 5.69 Å². The summed E-state index contributed by atoms with van der Waals surface area (Å²) in [5.74, 6) is 0. The van der Waals surface area contributed by atoms with Gasteiger partial charge in [-0.25, -0.2) is 0 Å². The number of aldehydes is 1. The molecule has 0 unspecified atom stereocenters. The zero-order valence-electron chi connectivity index (χ0n) is 10.5. The van der Waals surface area contributed by atoms with Crippen LogP contribution in [0.5, 0.6) is 0 Å². The molecule has 0 fully saturated rings. The van der Waals surface area contributed by atoms with Gasteiger partial charge in [-0.2, -0.15) is 0 Å². The van der Waals surface area contributed by atoms with Crippen molar-refractivity contribution >= 4 is 12.0 Å². The van der Waals surface area contributed by atoms with Crippen molar-refractivity contribution in [1.82, 2.24) is 0 Å². The first-order chi connectivity index (χ1) is 7.72. The number of carbonyl (C=O) groups excluding carboxylic acids is 1. The molecule has 0 aliphatic heterocycles. The van der Waals surface area contributed by atoms with Gasteiger partial charge in [0.1, 0.15) is 0 Å². The van der Waals surface area contributed by atoms with Gasteiger partial charge in [-0.1, -0.05) is 25.0 Å². The summed E-state index contributed by atoms with van der Waals surface area (Å²) in [5, 5.41) is 0. The van der Waals surface area contributed by atoms with E-state index in [1.807, 2.05) is 13.0 Å². The smallest absolute Gasteiger partial charge is 0.152 e. The van der Waals surface area contributed by atoms with Crippen LogP contribution in [-0.4, -0.2) is 19.4 Å². The molecule has 0 spiro atoms. The molecular formula is C14H21NO. The lowest BCUT2D eigenvalue weighted by molar-refractivity contribution is 0.112. The Balaban J connectivity index is 2.94. The van der Waals surface area contributed by atoms with Gasteiger partial charge in [0.25, 0.3) is 0 Å². The third kappa shape index (κ3) is 3.09. The number of hydrogen-bond acceptors (Lipinski definition) is 2. The maximum absolute atomic E-state index is 11.0. The van der Waals surface area contributed by atoms with Gasteiger partial charge >= 0.3 is 0 Å². The molecule has 1 aromatic rings. The van der Waals surface area contributed by atoms with E-state index in [1.54, 1.807) is 0 Å². The van der Waals surface area contributed by atoms with Gasteiger partial charge in [-0.15, -0.1) is 0 Å². The molecule has 0 radical (unpaired) electrons. The fraction of sp³-hybridized carbons (Fsp3) is 0.500. The second-order valence-electron chi connectivity index (χ2n) is 4.11. The molecule has 1 aromatic carbocycles. The lowest BCUT2D eigenvalue weighted by atomic mass is 10.1. The van der Waals surface area contributed by atoms with Crippen molar-refractivity contribution in [3.63, 3.8) is 0 Å². The van der Waals surface area contributed by atoms with Crippen molar-refractivity contribution in [3.8, 4) is 0 Å². The minimum Gasteiger partial charge on any atom is -0.371 e. The number of hydrogen-bond donors (Lipinski definition) is 0. The van der Waals surface area contributed by atoms with E-state index < -0.39 is 0 Å². The Bertz CT molecular complexity index is 347. The van der Waals surface area contributed by atoms with Crippen LogP contribution in [0.1, 0.15) is 42.6 Å². The number of carbonyl (C=O) groups is 1. The Morgan fingerprint density at radius 1 is 1.31 bits per heavy atom. The molecule has 2 heteroatoms. The lowest BCUT2D eigenvalue weighted by Crippen LogP contribution is -2.25. The van der Waals surface area contributed by atoms with Crippen LogP contribution >= 0.6 is 0 Å². The second kappa shape index (κ2) is 6.31. The molecule has 88 valence electrons. The first-order valence-corrected chi connectivity index (χ1v) is 6.03. The molecule has 0 heterocycles. The largest absolute Gasteiger partial charge is 0.371 e. The van der Waals surface area contributed by atoms with E-state index in [0.717, 1.165) is 36.2 Å². The Labute approximate surface area is 98.3 Å². The average Bonchev–Trinajstić information content (AvgIpc) is 2.31. The maximum Gasteiger partial charge on any atom is 0.152 e. The molecule has 2 nitrogen and oxygen atoms in total. The molecule has 1 rings (SSSR count). The zero-order chi connectivity index (χ0) is 12.0. The van der Waals surface area contributed by atoms with Gasteiger partial charge in [-0.05, 0) is 32.4 Å². The van der Waals surface area contributed by atoms with Crippen LogP contribution in [0.25, 0.3) is 0 Å². The molecule has 0 aliphatic rings. The molecule has 0 amide bonds. The summed E-state index contributed by atoms with van der Waals surface area (Å²) in [5.41, 5.74) is 3.01. The van der Waals surface area contributed by atoms with Gasteiger partial charge in [0.05, 0.1) is 0 Å². The fourth-order valence-corrected chi connectivity index (χ4v) is 1.85. The number of nitrogens with zero attached hydrogens (tertiary/aromatic N) is 1. The van der Waals surface area contributed by atoms with E-state index in [-0.39, 0.29) is 0 Å². The van der Waals surface area contributed by atoms with E-state index in [2.05, 4.69) is 30.9 Å². The number of rotatable bonds is 6. The molecule has 0 N–H and O–H groups in total. The topological polar surface area (TPSA) is 20.3 Å². The number of unbranched alkanes of at least 4 members (excludes halogenated alkanes) is 1. The predicted molar refractivity (Wildman–Crippen MR) is 69.4 cm³/mol. The summed E-state index contributed by atoms with van der Waals surface area (Å²) in [6.45, 7) is 8.30. The number of anilines is 1. The van der Waals surface area contributed by atoms with Crippen molar-refractivity contribution in [2.24, 2.45) is 0 Å². The van der Waals surface area contributed by atoms with Gasteiger partial charge in [-0.3, -0.25) is 4.79 Å². The molecule has 0 saturated heterocycles. The first kappa shape index (κ1) is 12.8. The monoisotopic (exact) mass is 219 g/mol. The van der Waals surface area contributed by atoms with Crippen molar-refractivity contribution in [1.29, 1.82) is 0 Å². The van der Waals surface area contributed by atoms with Crippen molar-refractivity contribution < 1.29 is 4.79 Å². The average molecular weight is 219 g/mol. The van der Waals surface area contributed by atoms with Crippen molar-refractivity contribution in [3.05, 3.63) is 29.3 Å².